The number of fused-ring (bicyclic) bond motifs is 6. The Hall–Kier alpha value is -7.36. The second-order valence-electron chi connectivity index (χ2n) is 14.5. The molecule has 2 aromatic heterocycles. The average Bonchev–Trinajstić information content (AvgIpc) is 3.81. The average molecular weight is 715 g/mol. The molecule has 11 rings (SSSR count). The Morgan fingerprint density at radius 1 is 0.357 bits per heavy atom. The summed E-state index contributed by atoms with van der Waals surface area (Å²) in [5, 5.41) is 2.17. The monoisotopic (exact) mass is 714 g/mol. The number of para-hydroxylation sites is 2. The number of aromatic nitrogens is 2. The van der Waals surface area contributed by atoms with Crippen molar-refractivity contribution < 1.29 is 4.42 Å². The van der Waals surface area contributed by atoms with Crippen molar-refractivity contribution >= 4 is 21.9 Å². The fourth-order valence-electron chi connectivity index (χ4n) is 8.89. The molecule has 0 saturated carbocycles. The minimum atomic E-state index is -0.428. The van der Waals surface area contributed by atoms with E-state index in [4.69, 9.17) is 14.4 Å². The van der Waals surface area contributed by atoms with Gasteiger partial charge in [-0.25, -0.2) is 9.97 Å². The quantitative estimate of drug-likeness (QED) is 0.172. The molecule has 3 heteroatoms. The lowest BCUT2D eigenvalue weighted by molar-refractivity contribution is 0.670. The first-order valence-electron chi connectivity index (χ1n) is 19.1. The normalized spacial score (nSPS) is 12.8. The summed E-state index contributed by atoms with van der Waals surface area (Å²) >= 11 is 0. The summed E-state index contributed by atoms with van der Waals surface area (Å²) in [6, 6.07) is 73.3. The molecule has 10 aromatic rings. The van der Waals surface area contributed by atoms with Gasteiger partial charge < -0.3 is 4.42 Å². The molecular weight excluding hydrogens is 681 g/mol. The first-order chi connectivity index (χ1) is 27.8. The molecule has 56 heavy (non-hydrogen) atoms. The lowest BCUT2D eigenvalue weighted by atomic mass is 9.67. The van der Waals surface area contributed by atoms with E-state index < -0.39 is 5.41 Å². The third-order valence-electron chi connectivity index (χ3n) is 11.4. The molecule has 0 N–H and O–H groups in total. The van der Waals surface area contributed by atoms with Gasteiger partial charge in [-0.3, -0.25) is 0 Å². The Morgan fingerprint density at radius 2 is 0.929 bits per heavy atom. The van der Waals surface area contributed by atoms with Crippen LogP contribution < -0.4 is 0 Å². The molecule has 8 aromatic carbocycles. The predicted molar refractivity (Wildman–Crippen MR) is 228 cm³/mol. The molecule has 0 spiro atoms. The Morgan fingerprint density at radius 3 is 1.73 bits per heavy atom. The fourth-order valence-corrected chi connectivity index (χ4v) is 8.89. The minimum Gasteiger partial charge on any atom is -0.455 e. The number of nitrogens with zero attached hydrogens (tertiary/aromatic N) is 2. The van der Waals surface area contributed by atoms with Crippen LogP contribution in [-0.2, 0) is 5.41 Å². The Labute approximate surface area is 325 Å². The topological polar surface area (TPSA) is 38.9 Å². The molecule has 0 atom stereocenters. The van der Waals surface area contributed by atoms with E-state index in [9.17, 15) is 0 Å². The lowest BCUT2D eigenvalue weighted by Gasteiger charge is -2.33. The highest BCUT2D eigenvalue weighted by Crippen LogP contribution is 2.56. The van der Waals surface area contributed by atoms with Gasteiger partial charge in [-0.15, -0.1) is 0 Å². The SMILES string of the molecule is c1ccc(-c2nc(-c3cccc(-c4ccc5c(c4)-c4ccccc4C5(c4ccccc4)c4ccccc4)c3)cc(-c3cccc4c3oc3ccccc34)n2)cc1. The smallest absolute Gasteiger partial charge is 0.160 e. The van der Waals surface area contributed by atoms with Crippen LogP contribution in [0.3, 0.4) is 0 Å². The molecule has 0 bridgehead atoms. The van der Waals surface area contributed by atoms with Crippen molar-refractivity contribution in [1.82, 2.24) is 9.97 Å². The standard InChI is InChI=1S/C53H34N2O/c1-4-16-35(17-5-1)52-54-48(34-49(55-52)44-27-15-26-43-42-25-11-13-29-50(42)56-51(43)44)38-19-14-18-36(32-38)37-30-31-47-45(33-37)41-24-10-12-28-46(41)53(47,39-20-6-2-7-21-39)40-22-8-3-9-23-40/h1-34H. The molecule has 262 valence electrons. The van der Waals surface area contributed by atoms with Gasteiger partial charge in [-0.2, -0.15) is 0 Å². The van der Waals surface area contributed by atoms with E-state index in [2.05, 4.69) is 176 Å². The van der Waals surface area contributed by atoms with Gasteiger partial charge >= 0.3 is 0 Å². The van der Waals surface area contributed by atoms with E-state index in [0.717, 1.165) is 61.1 Å². The van der Waals surface area contributed by atoms with Gasteiger partial charge in [0.25, 0.3) is 0 Å². The number of benzene rings is 8. The first kappa shape index (κ1) is 32.1. The third kappa shape index (κ3) is 4.98. The summed E-state index contributed by atoms with van der Waals surface area (Å²) in [6.07, 6.45) is 0. The van der Waals surface area contributed by atoms with E-state index in [1.54, 1.807) is 0 Å². The van der Waals surface area contributed by atoms with Crippen LogP contribution in [0.2, 0.25) is 0 Å². The van der Waals surface area contributed by atoms with E-state index in [1.807, 2.05) is 30.3 Å². The van der Waals surface area contributed by atoms with Gasteiger partial charge in [0.15, 0.2) is 5.82 Å². The van der Waals surface area contributed by atoms with E-state index in [1.165, 1.54) is 33.4 Å². The zero-order valence-corrected chi connectivity index (χ0v) is 30.4. The second kappa shape index (κ2) is 12.9. The first-order valence-corrected chi connectivity index (χ1v) is 19.1. The van der Waals surface area contributed by atoms with Crippen LogP contribution in [-0.4, -0.2) is 9.97 Å². The predicted octanol–water partition coefficient (Wildman–Crippen LogP) is 13.4. The van der Waals surface area contributed by atoms with Crippen molar-refractivity contribution in [3.05, 3.63) is 229 Å². The van der Waals surface area contributed by atoms with Gasteiger partial charge in [0.2, 0.25) is 0 Å². The van der Waals surface area contributed by atoms with E-state index in [0.29, 0.717) is 5.82 Å². The van der Waals surface area contributed by atoms with Crippen LogP contribution in [0, 0.1) is 0 Å². The maximum atomic E-state index is 6.48. The van der Waals surface area contributed by atoms with Crippen LogP contribution in [0.4, 0.5) is 0 Å². The molecule has 1 aliphatic carbocycles. The summed E-state index contributed by atoms with van der Waals surface area (Å²) in [4.78, 5) is 10.3. The van der Waals surface area contributed by atoms with Crippen LogP contribution >= 0.6 is 0 Å². The van der Waals surface area contributed by atoms with Crippen LogP contribution in [0.5, 0.6) is 0 Å². The van der Waals surface area contributed by atoms with Gasteiger partial charge in [0, 0.05) is 27.5 Å². The molecule has 2 heterocycles. The second-order valence-corrected chi connectivity index (χ2v) is 14.5. The minimum absolute atomic E-state index is 0.428. The molecule has 0 unspecified atom stereocenters. The molecule has 0 amide bonds. The Kier molecular flexibility index (Phi) is 7.39. The maximum absolute atomic E-state index is 6.48. The van der Waals surface area contributed by atoms with Crippen molar-refractivity contribution in [2.24, 2.45) is 0 Å². The molecule has 1 aliphatic rings. The highest BCUT2D eigenvalue weighted by molar-refractivity contribution is 6.09. The number of furan rings is 1. The molecule has 3 nitrogen and oxygen atoms in total. The Balaban J connectivity index is 1.07. The zero-order chi connectivity index (χ0) is 37.1. The van der Waals surface area contributed by atoms with E-state index >= 15 is 0 Å². The number of hydrogen-bond donors (Lipinski definition) is 0. The van der Waals surface area contributed by atoms with Crippen molar-refractivity contribution in [2.45, 2.75) is 5.41 Å². The summed E-state index contributed by atoms with van der Waals surface area (Å²) in [5.74, 6) is 0.670. The zero-order valence-electron chi connectivity index (χ0n) is 30.4. The van der Waals surface area contributed by atoms with E-state index in [-0.39, 0.29) is 0 Å². The maximum Gasteiger partial charge on any atom is 0.160 e. The van der Waals surface area contributed by atoms with Gasteiger partial charge in [-0.1, -0.05) is 176 Å². The molecule has 0 fully saturated rings. The summed E-state index contributed by atoms with van der Waals surface area (Å²) in [6.45, 7) is 0. The fraction of sp³-hybridized carbons (Fsp3) is 0.0189. The molecule has 0 radical (unpaired) electrons. The van der Waals surface area contributed by atoms with Crippen LogP contribution in [0.1, 0.15) is 22.3 Å². The van der Waals surface area contributed by atoms with Crippen molar-refractivity contribution in [2.75, 3.05) is 0 Å². The highest BCUT2D eigenvalue weighted by Gasteiger charge is 2.45. The summed E-state index contributed by atoms with van der Waals surface area (Å²) in [5.41, 5.74) is 15.8. The van der Waals surface area contributed by atoms with Gasteiger partial charge in [-0.05, 0) is 74.8 Å². The number of rotatable bonds is 6. The van der Waals surface area contributed by atoms with Crippen molar-refractivity contribution in [1.29, 1.82) is 0 Å². The largest absolute Gasteiger partial charge is 0.455 e. The van der Waals surface area contributed by atoms with Gasteiger partial charge in [0.1, 0.15) is 11.2 Å². The van der Waals surface area contributed by atoms with Crippen LogP contribution in [0.15, 0.2) is 211 Å². The van der Waals surface area contributed by atoms with Crippen molar-refractivity contribution in [3.63, 3.8) is 0 Å². The van der Waals surface area contributed by atoms with Gasteiger partial charge in [0.05, 0.1) is 16.8 Å². The third-order valence-corrected chi connectivity index (χ3v) is 11.4. The van der Waals surface area contributed by atoms with Crippen molar-refractivity contribution in [3.8, 4) is 56.2 Å². The Bertz CT molecular complexity index is 3040. The lowest BCUT2D eigenvalue weighted by Crippen LogP contribution is -2.28. The summed E-state index contributed by atoms with van der Waals surface area (Å²) in [7, 11) is 0. The number of hydrogen-bond acceptors (Lipinski definition) is 3. The summed E-state index contributed by atoms with van der Waals surface area (Å²) < 4.78 is 6.48. The molecular formula is C53H34N2O. The molecule has 0 saturated heterocycles. The highest BCUT2D eigenvalue weighted by atomic mass is 16.3. The molecule has 0 aliphatic heterocycles. The van der Waals surface area contributed by atoms with Crippen LogP contribution in [0.25, 0.3) is 78.1 Å².